The summed E-state index contributed by atoms with van der Waals surface area (Å²) in [5.74, 6) is 2.13. The summed E-state index contributed by atoms with van der Waals surface area (Å²) in [7, 11) is 3.58. The van der Waals surface area contributed by atoms with Gasteiger partial charge in [-0.1, -0.05) is 26.2 Å². The number of likely N-dealkylation sites (N-methyl/N-ethyl adjacent to an activating group) is 1. The van der Waals surface area contributed by atoms with E-state index in [9.17, 15) is 4.79 Å². The van der Waals surface area contributed by atoms with E-state index in [0.717, 1.165) is 19.0 Å². The molecule has 1 saturated heterocycles. The smallest absolute Gasteiger partial charge is 0.243 e. The second-order valence-electron chi connectivity index (χ2n) is 9.42. The number of carbonyl (C=O) groups is 1. The molecule has 6 heteroatoms. The van der Waals surface area contributed by atoms with Crippen molar-refractivity contribution in [1.29, 1.82) is 0 Å². The minimum Gasteiger partial charge on any atom is -0.377 e. The maximum atomic E-state index is 12.1. The van der Waals surface area contributed by atoms with Gasteiger partial charge in [-0.05, 0) is 38.0 Å². The third-order valence-electron chi connectivity index (χ3n) is 7.63. The second kappa shape index (κ2) is 7.61. The molecule has 2 N–H and O–H groups in total. The summed E-state index contributed by atoms with van der Waals surface area (Å²) >= 11 is 0. The molecule has 0 aromatic carbocycles. The standard InChI is InChI=1S/C21H36N4O2/c1-14-7-4-5-8-16(14)23-20(22-13-17(26)25(2)3)24-18-15-9-12-27-19(15)21(18)10-6-11-21/h14-16,18-19H,4-13H2,1-3H3,(H2,22,23,24). The van der Waals surface area contributed by atoms with Crippen LogP contribution in [-0.4, -0.2) is 62.2 Å². The van der Waals surface area contributed by atoms with E-state index in [1.165, 1.54) is 44.9 Å². The Morgan fingerprint density at radius 3 is 2.59 bits per heavy atom. The fourth-order valence-electron chi connectivity index (χ4n) is 5.73. The van der Waals surface area contributed by atoms with E-state index in [1.54, 1.807) is 19.0 Å². The number of guanidine groups is 1. The molecule has 3 aliphatic carbocycles. The first-order valence-corrected chi connectivity index (χ1v) is 10.9. The van der Waals surface area contributed by atoms with E-state index in [2.05, 4.69) is 17.6 Å². The molecule has 6 nitrogen and oxygen atoms in total. The summed E-state index contributed by atoms with van der Waals surface area (Å²) in [4.78, 5) is 18.4. The van der Waals surface area contributed by atoms with Crippen LogP contribution >= 0.6 is 0 Å². The van der Waals surface area contributed by atoms with Crippen molar-refractivity contribution in [3.05, 3.63) is 0 Å². The molecule has 1 aliphatic heterocycles. The molecular weight excluding hydrogens is 340 g/mol. The van der Waals surface area contributed by atoms with Crippen molar-refractivity contribution in [3.63, 3.8) is 0 Å². The van der Waals surface area contributed by atoms with E-state index in [0.29, 0.717) is 35.4 Å². The van der Waals surface area contributed by atoms with Crippen molar-refractivity contribution in [2.45, 2.75) is 76.5 Å². The molecule has 0 radical (unpaired) electrons. The van der Waals surface area contributed by atoms with Crippen LogP contribution in [0.1, 0.15) is 58.3 Å². The number of nitrogens with one attached hydrogen (secondary N) is 2. The van der Waals surface area contributed by atoms with Crippen molar-refractivity contribution < 1.29 is 9.53 Å². The van der Waals surface area contributed by atoms with Gasteiger partial charge in [0.15, 0.2) is 5.96 Å². The molecule has 4 aliphatic rings. The van der Waals surface area contributed by atoms with Crippen LogP contribution in [0.2, 0.25) is 0 Å². The summed E-state index contributed by atoms with van der Waals surface area (Å²) in [6.45, 7) is 3.43. The fraction of sp³-hybridized carbons (Fsp3) is 0.905. The zero-order valence-electron chi connectivity index (χ0n) is 17.2. The highest BCUT2D eigenvalue weighted by Crippen LogP contribution is 2.62. The Morgan fingerprint density at radius 2 is 1.93 bits per heavy atom. The maximum absolute atomic E-state index is 12.1. The first-order valence-electron chi connectivity index (χ1n) is 10.9. The van der Waals surface area contributed by atoms with Gasteiger partial charge in [0.05, 0.1) is 6.10 Å². The largest absolute Gasteiger partial charge is 0.377 e. The highest BCUT2D eigenvalue weighted by atomic mass is 16.5. The number of rotatable bonds is 4. The van der Waals surface area contributed by atoms with E-state index < -0.39 is 0 Å². The van der Waals surface area contributed by atoms with Gasteiger partial charge in [0.1, 0.15) is 6.54 Å². The fourth-order valence-corrected chi connectivity index (χ4v) is 5.73. The number of hydrogen-bond acceptors (Lipinski definition) is 3. The topological polar surface area (TPSA) is 66.0 Å². The molecule has 4 rings (SSSR count). The number of nitrogens with zero attached hydrogens (tertiary/aromatic N) is 2. The summed E-state index contributed by atoms with van der Waals surface area (Å²) in [5.41, 5.74) is 0.313. The summed E-state index contributed by atoms with van der Waals surface area (Å²) in [6.07, 6.45) is 10.5. The van der Waals surface area contributed by atoms with Crippen molar-refractivity contribution in [3.8, 4) is 0 Å². The first kappa shape index (κ1) is 19.0. The van der Waals surface area contributed by atoms with Crippen LogP contribution in [0.25, 0.3) is 0 Å². The number of fused-ring (bicyclic) bond motifs is 2. The van der Waals surface area contributed by atoms with Crippen molar-refractivity contribution in [2.24, 2.45) is 22.2 Å². The van der Waals surface area contributed by atoms with Gasteiger partial charge in [-0.2, -0.15) is 0 Å². The van der Waals surface area contributed by atoms with Gasteiger partial charge >= 0.3 is 0 Å². The third-order valence-corrected chi connectivity index (χ3v) is 7.63. The molecule has 27 heavy (non-hydrogen) atoms. The zero-order chi connectivity index (χ0) is 19.0. The van der Waals surface area contributed by atoms with Crippen LogP contribution in [0.15, 0.2) is 4.99 Å². The van der Waals surface area contributed by atoms with E-state index >= 15 is 0 Å². The van der Waals surface area contributed by atoms with Gasteiger partial charge in [-0.3, -0.25) is 4.79 Å². The number of carbonyl (C=O) groups excluding carboxylic acids is 1. The quantitative estimate of drug-likeness (QED) is 0.583. The highest BCUT2D eigenvalue weighted by Gasteiger charge is 2.66. The molecule has 1 heterocycles. The van der Waals surface area contributed by atoms with Crippen molar-refractivity contribution in [1.82, 2.24) is 15.5 Å². The van der Waals surface area contributed by atoms with Crippen LogP contribution in [0.3, 0.4) is 0 Å². The molecule has 0 bridgehead atoms. The van der Waals surface area contributed by atoms with Crippen molar-refractivity contribution in [2.75, 3.05) is 27.2 Å². The van der Waals surface area contributed by atoms with E-state index in [4.69, 9.17) is 9.73 Å². The lowest BCUT2D eigenvalue weighted by atomic mass is 9.46. The Labute approximate surface area is 163 Å². The number of hydrogen-bond donors (Lipinski definition) is 2. The lowest BCUT2D eigenvalue weighted by Crippen LogP contribution is -2.73. The lowest BCUT2D eigenvalue weighted by molar-refractivity contribution is -0.171. The Bertz CT molecular complexity index is 587. The SMILES string of the molecule is CC1CCCCC1NC(=NCC(=O)N(C)C)NC1C2CCOC2C12CCC2. The molecular formula is C21H36N4O2. The summed E-state index contributed by atoms with van der Waals surface area (Å²) in [5, 5.41) is 7.46. The molecule has 0 aromatic heterocycles. The van der Waals surface area contributed by atoms with Crippen LogP contribution < -0.4 is 10.6 Å². The Morgan fingerprint density at radius 1 is 1.15 bits per heavy atom. The van der Waals surface area contributed by atoms with Crippen LogP contribution in [0, 0.1) is 17.3 Å². The van der Waals surface area contributed by atoms with Gasteiger partial charge < -0.3 is 20.3 Å². The predicted molar refractivity (Wildman–Crippen MR) is 107 cm³/mol. The van der Waals surface area contributed by atoms with Crippen LogP contribution in [0.5, 0.6) is 0 Å². The van der Waals surface area contributed by atoms with Gasteiger partial charge in [0.25, 0.3) is 0 Å². The van der Waals surface area contributed by atoms with Gasteiger partial charge in [-0.15, -0.1) is 0 Å². The molecule has 1 amide bonds. The molecule has 4 fully saturated rings. The van der Waals surface area contributed by atoms with Gasteiger partial charge in [0, 0.05) is 44.1 Å². The molecule has 3 saturated carbocycles. The predicted octanol–water partition coefficient (Wildman–Crippen LogP) is 2.15. The zero-order valence-corrected chi connectivity index (χ0v) is 17.2. The maximum Gasteiger partial charge on any atom is 0.243 e. The minimum atomic E-state index is 0.0434. The minimum absolute atomic E-state index is 0.0434. The lowest BCUT2D eigenvalue weighted by Gasteiger charge is -2.63. The van der Waals surface area contributed by atoms with Crippen molar-refractivity contribution >= 4 is 11.9 Å². The monoisotopic (exact) mass is 376 g/mol. The second-order valence-corrected chi connectivity index (χ2v) is 9.42. The average molecular weight is 377 g/mol. The highest BCUT2D eigenvalue weighted by molar-refractivity contribution is 5.85. The van der Waals surface area contributed by atoms with Crippen LogP contribution in [-0.2, 0) is 9.53 Å². The molecule has 5 atom stereocenters. The number of aliphatic imine (C=N–C) groups is 1. The van der Waals surface area contributed by atoms with Gasteiger partial charge in [0.2, 0.25) is 5.91 Å². The normalized spacial score (nSPS) is 37.1. The average Bonchev–Trinajstić information content (AvgIpc) is 3.02. The van der Waals surface area contributed by atoms with Crippen LogP contribution in [0.4, 0.5) is 0 Å². The molecule has 1 spiro atoms. The Hall–Kier alpha value is -1.30. The molecule has 5 unspecified atom stereocenters. The summed E-state index contributed by atoms with van der Waals surface area (Å²) < 4.78 is 6.06. The Kier molecular flexibility index (Phi) is 5.36. The van der Waals surface area contributed by atoms with E-state index in [-0.39, 0.29) is 12.5 Å². The summed E-state index contributed by atoms with van der Waals surface area (Å²) in [6, 6.07) is 0.894. The number of ether oxygens (including phenoxy) is 1. The Balaban J connectivity index is 1.47. The molecule has 152 valence electrons. The third kappa shape index (κ3) is 3.45. The first-order chi connectivity index (χ1) is 13.0. The van der Waals surface area contributed by atoms with E-state index in [1.807, 2.05) is 0 Å². The molecule has 0 aromatic rings. The number of amides is 1. The van der Waals surface area contributed by atoms with Gasteiger partial charge in [-0.25, -0.2) is 4.99 Å².